The molecule has 1 aromatic heterocycles. The van der Waals surface area contributed by atoms with Crippen molar-refractivity contribution in [3.8, 4) is 0 Å². The summed E-state index contributed by atoms with van der Waals surface area (Å²) in [6, 6.07) is 8.62. The number of nitrogens with zero attached hydrogens (tertiary/aromatic N) is 2. The minimum Gasteiger partial charge on any atom is -0.425 e. The van der Waals surface area contributed by atoms with E-state index >= 15 is 0 Å². The van der Waals surface area contributed by atoms with E-state index in [1.54, 1.807) is 0 Å². The molecular formula is C15H17ClN2O. The van der Waals surface area contributed by atoms with E-state index in [1.165, 1.54) is 11.1 Å². The van der Waals surface area contributed by atoms with E-state index in [0.29, 0.717) is 11.8 Å². The fraction of sp³-hybridized carbons (Fsp3) is 0.467. The number of rotatable bonds is 4. The quantitative estimate of drug-likeness (QED) is 0.802. The van der Waals surface area contributed by atoms with Gasteiger partial charge in [0.05, 0.1) is 0 Å². The molecule has 4 heteroatoms. The Bertz CT molecular complexity index is 553. The van der Waals surface area contributed by atoms with Gasteiger partial charge in [-0.25, -0.2) is 0 Å². The van der Waals surface area contributed by atoms with Gasteiger partial charge < -0.3 is 4.42 Å². The smallest absolute Gasteiger partial charge is 0.219 e. The highest BCUT2D eigenvalue weighted by Crippen LogP contribution is 2.31. The summed E-state index contributed by atoms with van der Waals surface area (Å²) < 4.78 is 5.76. The molecule has 0 saturated carbocycles. The van der Waals surface area contributed by atoms with Gasteiger partial charge in [0.2, 0.25) is 11.8 Å². The number of aromatic nitrogens is 2. The first kappa shape index (κ1) is 12.7. The Labute approximate surface area is 118 Å². The minimum atomic E-state index is 0.368. The van der Waals surface area contributed by atoms with Gasteiger partial charge in [-0.2, -0.15) is 0 Å². The molecule has 19 heavy (non-hydrogen) atoms. The van der Waals surface area contributed by atoms with Gasteiger partial charge in [0.25, 0.3) is 0 Å². The monoisotopic (exact) mass is 276 g/mol. The lowest BCUT2D eigenvalue weighted by Crippen LogP contribution is -2.12. The molecule has 0 saturated heterocycles. The number of hydrogen-bond donors (Lipinski definition) is 0. The van der Waals surface area contributed by atoms with E-state index in [0.717, 1.165) is 43.9 Å². The second kappa shape index (κ2) is 5.74. The van der Waals surface area contributed by atoms with Crippen LogP contribution >= 0.6 is 11.6 Å². The van der Waals surface area contributed by atoms with Crippen LogP contribution in [0.4, 0.5) is 0 Å². The first-order valence-electron chi connectivity index (χ1n) is 6.82. The molecule has 100 valence electrons. The summed E-state index contributed by atoms with van der Waals surface area (Å²) >= 11 is 5.67. The van der Waals surface area contributed by atoms with E-state index in [9.17, 15) is 0 Å². The first-order valence-corrected chi connectivity index (χ1v) is 7.35. The fourth-order valence-corrected chi connectivity index (χ4v) is 2.79. The average Bonchev–Trinajstić information content (AvgIpc) is 2.93. The highest BCUT2D eigenvalue weighted by atomic mass is 35.5. The molecule has 1 aromatic carbocycles. The molecule has 3 rings (SSSR count). The Morgan fingerprint density at radius 3 is 2.89 bits per heavy atom. The van der Waals surface area contributed by atoms with Gasteiger partial charge >= 0.3 is 0 Å². The second-order valence-electron chi connectivity index (χ2n) is 5.04. The molecule has 1 unspecified atom stereocenters. The molecule has 2 aromatic rings. The van der Waals surface area contributed by atoms with E-state index in [2.05, 4.69) is 34.5 Å². The number of fused-ring (bicyclic) bond motifs is 1. The van der Waals surface area contributed by atoms with Crippen molar-refractivity contribution in [3.63, 3.8) is 0 Å². The van der Waals surface area contributed by atoms with Crippen LogP contribution < -0.4 is 0 Å². The number of aryl methyl sites for hydroxylation is 2. The van der Waals surface area contributed by atoms with Crippen molar-refractivity contribution in [2.45, 2.75) is 38.0 Å². The molecule has 0 radical (unpaired) electrons. The number of hydrogen-bond acceptors (Lipinski definition) is 3. The lowest BCUT2D eigenvalue weighted by molar-refractivity contribution is 0.394. The molecule has 0 N–H and O–H groups in total. The van der Waals surface area contributed by atoms with Crippen LogP contribution in [0.15, 0.2) is 28.7 Å². The summed E-state index contributed by atoms with van der Waals surface area (Å²) in [5, 5.41) is 8.32. The van der Waals surface area contributed by atoms with Gasteiger partial charge in [0.15, 0.2) is 0 Å². The molecule has 1 atom stereocenters. The maximum atomic E-state index is 5.76. The lowest BCUT2D eigenvalue weighted by Gasteiger charge is -2.21. The van der Waals surface area contributed by atoms with E-state index in [-0.39, 0.29) is 0 Å². The number of alkyl halides is 1. The van der Waals surface area contributed by atoms with Crippen LogP contribution in [0.25, 0.3) is 0 Å². The van der Waals surface area contributed by atoms with Crippen LogP contribution in [0.1, 0.15) is 41.7 Å². The maximum absolute atomic E-state index is 5.76. The van der Waals surface area contributed by atoms with Gasteiger partial charge in [-0.15, -0.1) is 21.8 Å². The Kier molecular flexibility index (Phi) is 3.83. The maximum Gasteiger partial charge on any atom is 0.219 e. The molecule has 1 aliphatic carbocycles. The number of benzene rings is 1. The zero-order valence-electron chi connectivity index (χ0n) is 10.8. The van der Waals surface area contributed by atoms with Gasteiger partial charge in [0, 0.05) is 18.2 Å². The van der Waals surface area contributed by atoms with E-state index < -0.39 is 0 Å². The summed E-state index contributed by atoms with van der Waals surface area (Å²) in [5.41, 5.74) is 2.87. The predicted molar refractivity (Wildman–Crippen MR) is 74.5 cm³/mol. The molecule has 3 nitrogen and oxygen atoms in total. The molecular weight excluding hydrogens is 260 g/mol. The van der Waals surface area contributed by atoms with Crippen molar-refractivity contribution in [2.24, 2.45) is 0 Å². The zero-order valence-corrected chi connectivity index (χ0v) is 11.6. The third kappa shape index (κ3) is 2.81. The highest BCUT2D eigenvalue weighted by molar-refractivity contribution is 6.17. The van der Waals surface area contributed by atoms with Gasteiger partial charge in [0.1, 0.15) is 0 Å². The van der Waals surface area contributed by atoms with Crippen molar-refractivity contribution in [1.29, 1.82) is 0 Å². The lowest BCUT2D eigenvalue weighted by atomic mass is 9.84. The van der Waals surface area contributed by atoms with Crippen LogP contribution in [-0.2, 0) is 19.3 Å². The molecule has 0 aliphatic heterocycles. The molecule has 0 spiro atoms. The summed E-state index contributed by atoms with van der Waals surface area (Å²) in [6.45, 7) is 0. The molecule has 0 bridgehead atoms. The van der Waals surface area contributed by atoms with Crippen molar-refractivity contribution < 1.29 is 4.42 Å². The molecule has 0 amide bonds. The standard InChI is InChI=1S/C15H17ClN2O/c16-9-3-6-14-17-18-15(19-14)13-8-7-11-4-1-2-5-12(11)10-13/h1-2,4-5,13H,3,6-10H2. The summed E-state index contributed by atoms with van der Waals surface area (Å²) in [4.78, 5) is 0. The second-order valence-corrected chi connectivity index (χ2v) is 5.41. The summed E-state index contributed by atoms with van der Waals surface area (Å²) in [6.07, 6.45) is 4.86. The number of halogens is 1. The van der Waals surface area contributed by atoms with Crippen molar-refractivity contribution in [3.05, 3.63) is 47.2 Å². The van der Waals surface area contributed by atoms with Crippen molar-refractivity contribution in [1.82, 2.24) is 10.2 Å². The Hall–Kier alpha value is -1.35. The van der Waals surface area contributed by atoms with E-state index in [4.69, 9.17) is 16.0 Å². The summed E-state index contributed by atoms with van der Waals surface area (Å²) in [5.74, 6) is 2.51. The normalized spacial score (nSPS) is 18.3. The van der Waals surface area contributed by atoms with Crippen molar-refractivity contribution >= 4 is 11.6 Å². The van der Waals surface area contributed by atoms with Crippen LogP contribution in [0.5, 0.6) is 0 Å². The minimum absolute atomic E-state index is 0.368. The Morgan fingerprint density at radius 2 is 2.05 bits per heavy atom. The van der Waals surface area contributed by atoms with Crippen LogP contribution in [0, 0.1) is 0 Å². The largest absolute Gasteiger partial charge is 0.425 e. The Morgan fingerprint density at radius 1 is 1.21 bits per heavy atom. The van der Waals surface area contributed by atoms with Crippen molar-refractivity contribution in [2.75, 3.05) is 5.88 Å². The van der Waals surface area contributed by atoms with Crippen LogP contribution in [0.3, 0.4) is 0 Å². The first-order chi connectivity index (χ1) is 9.36. The molecule has 0 fully saturated rings. The fourth-order valence-electron chi connectivity index (χ4n) is 2.66. The topological polar surface area (TPSA) is 38.9 Å². The van der Waals surface area contributed by atoms with Gasteiger partial charge in [-0.3, -0.25) is 0 Å². The van der Waals surface area contributed by atoms with Crippen LogP contribution in [-0.4, -0.2) is 16.1 Å². The third-order valence-electron chi connectivity index (χ3n) is 3.70. The highest BCUT2D eigenvalue weighted by Gasteiger charge is 2.24. The predicted octanol–water partition coefficient (Wildman–Crippen LogP) is 3.51. The van der Waals surface area contributed by atoms with E-state index in [1.807, 2.05) is 0 Å². The van der Waals surface area contributed by atoms with Crippen LogP contribution in [0.2, 0.25) is 0 Å². The zero-order chi connectivity index (χ0) is 13.1. The summed E-state index contributed by atoms with van der Waals surface area (Å²) in [7, 11) is 0. The van der Waals surface area contributed by atoms with Gasteiger partial charge in [-0.1, -0.05) is 24.3 Å². The molecule has 1 aliphatic rings. The van der Waals surface area contributed by atoms with Gasteiger partial charge in [-0.05, 0) is 36.8 Å². The molecule has 1 heterocycles. The SMILES string of the molecule is ClCCCc1nnc(C2CCc3ccccc3C2)o1. The Balaban J connectivity index is 1.72. The third-order valence-corrected chi connectivity index (χ3v) is 3.97. The average molecular weight is 277 g/mol.